The van der Waals surface area contributed by atoms with Crippen LogP contribution in [-0.4, -0.2) is 22.8 Å². The van der Waals surface area contributed by atoms with Crippen molar-refractivity contribution in [1.29, 1.82) is 0 Å². The van der Waals surface area contributed by atoms with Crippen molar-refractivity contribution >= 4 is 78.8 Å². The van der Waals surface area contributed by atoms with Crippen molar-refractivity contribution in [3.05, 3.63) is 101 Å². The Kier molecular flexibility index (Phi) is 7.53. The standard InChI is InChI=1S/C24H14Br2ClN3O6/c25-15-9-14(21(20(26)11-15)36-12-13-2-1-3-16(27)8-13)10-19-22(31)28-24(33)29(23(19)32)17-4-6-18(7-5-17)30(34)35/h1-11H,12H2,(H,28,31,33)/b19-10+. The van der Waals surface area contributed by atoms with Crippen LogP contribution in [0.5, 0.6) is 5.75 Å². The molecule has 0 radical (unpaired) electrons. The van der Waals surface area contributed by atoms with Gasteiger partial charge < -0.3 is 4.74 Å². The third kappa shape index (κ3) is 5.48. The molecule has 4 rings (SSSR count). The molecule has 0 bridgehead atoms. The van der Waals surface area contributed by atoms with Crippen molar-refractivity contribution < 1.29 is 24.0 Å². The summed E-state index contributed by atoms with van der Waals surface area (Å²) >= 11 is 12.9. The summed E-state index contributed by atoms with van der Waals surface area (Å²) in [6.45, 7) is 0.157. The van der Waals surface area contributed by atoms with Gasteiger partial charge in [-0.2, -0.15) is 0 Å². The molecule has 3 aromatic rings. The van der Waals surface area contributed by atoms with Gasteiger partial charge in [0.2, 0.25) is 0 Å². The van der Waals surface area contributed by atoms with Gasteiger partial charge in [0.1, 0.15) is 17.9 Å². The van der Waals surface area contributed by atoms with E-state index in [4.69, 9.17) is 16.3 Å². The van der Waals surface area contributed by atoms with E-state index in [0.29, 0.717) is 25.3 Å². The molecule has 3 aromatic carbocycles. The minimum absolute atomic E-state index is 0.0642. The van der Waals surface area contributed by atoms with Crippen molar-refractivity contribution in [2.75, 3.05) is 4.90 Å². The number of barbiturate groups is 1. The lowest BCUT2D eigenvalue weighted by atomic mass is 10.1. The average Bonchev–Trinajstić information content (AvgIpc) is 2.81. The van der Waals surface area contributed by atoms with E-state index in [1.165, 1.54) is 18.2 Å². The summed E-state index contributed by atoms with van der Waals surface area (Å²) in [5.41, 5.74) is 0.711. The number of carbonyl (C=O) groups is 3. The zero-order valence-corrected chi connectivity index (χ0v) is 22.0. The molecule has 1 N–H and O–H groups in total. The summed E-state index contributed by atoms with van der Waals surface area (Å²) in [5, 5.41) is 13.6. The Bertz CT molecular complexity index is 1440. The van der Waals surface area contributed by atoms with E-state index in [2.05, 4.69) is 37.2 Å². The number of hydrogen-bond donors (Lipinski definition) is 1. The number of non-ortho nitro benzene ring substituents is 1. The molecule has 12 heteroatoms. The molecule has 1 fully saturated rings. The Balaban J connectivity index is 1.70. The number of ether oxygens (including phenoxy) is 1. The van der Waals surface area contributed by atoms with Crippen molar-refractivity contribution in [3.8, 4) is 5.75 Å². The molecule has 1 aliphatic heterocycles. The van der Waals surface area contributed by atoms with E-state index >= 15 is 0 Å². The first-order chi connectivity index (χ1) is 17.1. The molecule has 9 nitrogen and oxygen atoms in total. The summed E-state index contributed by atoms with van der Waals surface area (Å²) in [5.74, 6) is -1.43. The van der Waals surface area contributed by atoms with Gasteiger partial charge >= 0.3 is 6.03 Å². The summed E-state index contributed by atoms with van der Waals surface area (Å²) in [7, 11) is 0. The average molecular weight is 636 g/mol. The molecule has 0 unspecified atom stereocenters. The number of nitro benzene ring substituents is 1. The number of hydrogen-bond acceptors (Lipinski definition) is 6. The fraction of sp³-hybridized carbons (Fsp3) is 0.0417. The van der Waals surface area contributed by atoms with Crippen molar-refractivity contribution in [2.24, 2.45) is 0 Å². The fourth-order valence-corrected chi connectivity index (χ4v) is 4.98. The minimum atomic E-state index is -0.969. The number of nitrogens with zero attached hydrogens (tertiary/aromatic N) is 2. The largest absolute Gasteiger partial charge is 0.487 e. The lowest BCUT2D eigenvalue weighted by molar-refractivity contribution is -0.384. The molecule has 0 aliphatic carbocycles. The number of nitro groups is 1. The van der Waals surface area contributed by atoms with Crippen LogP contribution in [0.2, 0.25) is 5.02 Å². The molecule has 0 spiro atoms. The number of carbonyl (C=O) groups excluding carboxylic acids is 3. The zero-order valence-electron chi connectivity index (χ0n) is 18.0. The molecular weight excluding hydrogens is 622 g/mol. The van der Waals surface area contributed by atoms with Crippen molar-refractivity contribution in [3.63, 3.8) is 0 Å². The zero-order chi connectivity index (χ0) is 26.0. The number of anilines is 1. The topological polar surface area (TPSA) is 119 Å². The van der Waals surface area contributed by atoms with Crippen LogP contribution in [0.4, 0.5) is 16.2 Å². The second kappa shape index (κ2) is 10.6. The molecular formula is C24H14Br2ClN3O6. The number of rotatable bonds is 6. The monoisotopic (exact) mass is 633 g/mol. The highest BCUT2D eigenvalue weighted by Gasteiger charge is 2.37. The fourth-order valence-electron chi connectivity index (χ4n) is 3.39. The van der Waals surface area contributed by atoms with E-state index in [0.717, 1.165) is 22.6 Å². The van der Waals surface area contributed by atoms with Gasteiger partial charge in [-0.1, -0.05) is 39.7 Å². The maximum Gasteiger partial charge on any atom is 0.335 e. The number of halogens is 3. The van der Waals surface area contributed by atoms with Gasteiger partial charge in [0.25, 0.3) is 17.5 Å². The first-order valence-corrected chi connectivity index (χ1v) is 12.1. The van der Waals surface area contributed by atoms with Crippen molar-refractivity contribution in [2.45, 2.75) is 6.61 Å². The highest BCUT2D eigenvalue weighted by Crippen LogP contribution is 2.36. The van der Waals surface area contributed by atoms with Gasteiger partial charge in [-0.15, -0.1) is 0 Å². The predicted molar refractivity (Wildman–Crippen MR) is 140 cm³/mol. The number of amides is 4. The molecule has 0 atom stereocenters. The minimum Gasteiger partial charge on any atom is -0.487 e. The summed E-state index contributed by atoms with van der Waals surface area (Å²) in [4.78, 5) is 49.4. The lowest BCUT2D eigenvalue weighted by Crippen LogP contribution is -2.54. The Morgan fingerprint density at radius 1 is 1.06 bits per heavy atom. The van der Waals surface area contributed by atoms with Crippen LogP contribution < -0.4 is 15.0 Å². The lowest BCUT2D eigenvalue weighted by Gasteiger charge is -2.26. The summed E-state index contributed by atoms with van der Waals surface area (Å²) < 4.78 is 7.18. The van der Waals surface area contributed by atoms with Gasteiger partial charge in [0.05, 0.1) is 15.1 Å². The Morgan fingerprint density at radius 3 is 2.44 bits per heavy atom. The maximum atomic E-state index is 13.2. The van der Waals surface area contributed by atoms with Gasteiger partial charge in [-0.05, 0) is 64.0 Å². The van der Waals surface area contributed by atoms with E-state index in [1.54, 1.807) is 30.3 Å². The highest BCUT2D eigenvalue weighted by molar-refractivity contribution is 9.11. The second-order valence-corrected chi connectivity index (χ2v) is 9.66. The van der Waals surface area contributed by atoms with Crippen LogP contribution in [0.1, 0.15) is 11.1 Å². The van der Waals surface area contributed by atoms with Gasteiger partial charge in [0, 0.05) is 27.2 Å². The molecule has 4 amide bonds. The first-order valence-electron chi connectivity index (χ1n) is 10.2. The molecule has 1 saturated heterocycles. The Labute approximate surface area is 226 Å². The van der Waals surface area contributed by atoms with Gasteiger partial charge in [-0.3, -0.25) is 25.0 Å². The molecule has 1 aliphatic rings. The SMILES string of the molecule is O=C1NC(=O)N(c2ccc([N+](=O)[O-])cc2)C(=O)/C1=C/c1cc(Br)cc(Br)c1OCc1cccc(Cl)c1. The van der Waals surface area contributed by atoms with Crippen LogP contribution in [0.3, 0.4) is 0 Å². The quantitative estimate of drug-likeness (QED) is 0.153. The molecule has 36 heavy (non-hydrogen) atoms. The van der Waals surface area contributed by atoms with Crippen LogP contribution in [0, 0.1) is 10.1 Å². The normalized spacial score (nSPS) is 14.7. The van der Waals surface area contributed by atoms with Gasteiger partial charge in [-0.25, -0.2) is 9.69 Å². The number of urea groups is 1. The highest BCUT2D eigenvalue weighted by atomic mass is 79.9. The van der Waals surface area contributed by atoms with Crippen LogP contribution in [0.15, 0.2) is 75.2 Å². The number of imide groups is 2. The molecule has 0 aromatic heterocycles. The summed E-state index contributed by atoms with van der Waals surface area (Å²) in [6.07, 6.45) is 1.31. The maximum absolute atomic E-state index is 13.2. The number of nitrogens with one attached hydrogen (secondary N) is 1. The molecule has 0 saturated carbocycles. The van der Waals surface area contributed by atoms with Gasteiger partial charge in [0.15, 0.2) is 0 Å². The van der Waals surface area contributed by atoms with Crippen LogP contribution >= 0.6 is 43.5 Å². The smallest absolute Gasteiger partial charge is 0.335 e. The Hall–Kier alpha value is -3.54. The van der Waals surface area contributed by atoms with E-state index in [-0.39, 0.29) is 23.6 Å². The molecule has 182 valence electrons. The summed E-state index contributed by atoms with van der Waals surface area (Å²) in [6, 6.07) is 14.3. The van der Waals surface area contributed by atoms with E-state index in [9.17, 15) is 24.5 Å². The van der Waals surface area contributed by atoms with Crippen LogP contribution in [0.25, 0.3) is 6.08 Å². The third-order valence-electron chi connectivity index (χ3n) is 5.03. The third-order valence-corrected chi connectivity index (χ3v) is 6.31. The van der Waals surface area contributed by atoms with Crippen LogP contribution in [-0.2, 0) is 16.2 Å². The predicted octanol–water partition coefficient (Wildman–Crippen LogP) is 6.02. The first kappa shape index (κ1) is 25.5. The van der Waals surface area contributed by atoms with Crippen molar-refractivity contribution in [1.82, 2.24) is 5.32 Å². The van der Waals surface area contributed by atoms with E-state index < -0.39 is 22.8 Å². The second-order valence-electron chi connectivity index (χ2n) is 7.46. The number of benzene rings is 3. The molecule has 1 heterocycles. The Morgan fingerprint density at radius 2 is 1.78 bits per heavy atom. The van der Waals surface area contributed by atoms with E-state index in [1.807, 2.05) is 6.07 Å².